The summed E-state index contributed by atoms with van der Waals surface area (Å²) in [4.78, 5) is -0.0368. The van der Waals surface area contributed by atoms with Gasteiger partial charge in [-0.3, -0.25) is 0 Å². The van der Waals surface area contributed by atoms with Crippen molar-refractivity contribution in [3.8, 4) is 11.4 Å². The van der Waals surface area contributed by atoms with Crippen molar-refractivity contribution >= 4 is 63.3 Å². The fourth-order valence-electron chi connectivity index (χ4n) is 9.10. The molecule has 0 saturated carbocycles. The molecule has 0 aliphatic rings. The van der Waals surface area contributed by atoms with Crippen LogP contribution in [0.25, 0.3) is 55.0 Å². The maximum Gasteiger partial charge on any atom is 0.206 e. The van der Waals surface area contributed by atoms with Crippen molar-refractivity contribution in [2.75, 3.05) is 0 Å². The normalized spacial score (nSPS) is 13.4. The second kappa shape index (κ2) is 15.3. The van der Waals surface area contributed by atoms with E-state index in [-0.39, 0.29) is 41.2 Å². The standard InChI is InChI=1S/C58H60N2O4S2/c1-55(2,3)37-16-28-51-47(32-37)48-33-38(56(4,5)6)17-29-52(48)59(51)41-20-24-43(25-21-41)65(61,62)45-14-13-15-46(36-45)66(63,64)44-26-22-42(23-27-44)60-53-30-18-39(57(7,8)9)34-49(53)50-35-40(58(10,11)12)19-31-54(50)60/h13-36H,1-12H3. The Morgan fingerprint density at radius 3 is 0.803 bits per heavy atom. The smallest absolute Gasteiger partial charge is 0.206 e. The van der Waals surface area contributed by atoms with Crippen LogP contribution in [-0.4, -0.2) is 26.0 Å². The fourth-order valence-corrected chi connectivity index (χ4v) is 11.8. The highest BCUT2D eigenvalue weighted by atomic mass is 32.2. The van der Waals surface area contributed by atoms with Crippen molar-refractivity contribution < 1.29 is 16.8 Å². The lowest BCUT2D eigenvalue weighted by Crippen LogP contribution is -2.10. The number of sulfone groups is 2. The van der Waals surface area contributed by atoms with E-state index in [1.807, 2.05) is 24.3 Å². The molecular formula is C58H60N2O4S2. The minimum atomic E-state index is -4.10. The van der Waals surface area contributed by atoms with Crippen LogP contribution in [0.3, 0.4) is 0 Å². The number of hydrogen-bond acceptors (Lipinski definition) is 4. The van der Waals surface area contributed by atoms with Gasteiger partial charge in [-0.15, -0.1) is 0 Å². The van der Waals surface area contributed by atoms with Crippen LogP contribution in [0.4, 0.5) is 0 Å². The van der Waals surface area contributed by atoms with E-state index < -0.39 is 19.7 Å². The third kappa shape index (κ3) is 7.76. The Morgan fingerprint density at radius 1 is 0.303 bits per heavy atom. The first kappa shape index (κ1) is 45.2. The van der Waals surface area contributed by atoms with E-state index in [0.717, 1.165) is 55.0 Å². The Kier molecular flexibility index (Phi) is 10.5. The third-order valence-electron chi connectivity index (χ3n) is 13.2. The van der Waals surface area contributed by atoms with Gasteiger partial charge in [0.2, 0.25) is 19.7 Å². The largest absolute Gasteiger partial charge is 0.309 e. The van der Waals surface area contributed by atoms with Gasteiger partial charge in [0.25, 0.3) is 0 Å². The zero-order chi connectivity index (χ0) is 47.5. The van der Waals surface area contributed by atoms with Crippen LogP contribution in [0.15, 0.2) is 165 Å². The minimum absolute atomic E-state index is 0.0373. The monoisotopic (exact) mass is 912 g/mol. The molecule has 0 radical (unpaired) electrons. The second-order valence-corrected chi connectivity index (χ2v) is 26.0. The summed E-state index contributed by atoms with van der Waals surface area (Å²) in [5.74, 6) is 0. The zero-order valence-electron chi connectivity index (χ0n) is 40.2. The van der Waals surface area contributed by atoms with Crippen molar-refractivity contribution in [3.63, 3.8) is 0 Å². The summed E-state index contributed by atoms with van der Waals surface area (Å²) in [6.45, 7) is 26.6. The van der Waals surface area contributed by atoms with E-state index >= 15 is 0 Å². The minimum Gasteiger partial charge on any atom is -0.309 e. The van der Waals surface area contributed by atoms with Gasteiger partial charge in [0.15, 0.2) is 0 Å². The SMILES string of the molecule is CC(C)(C)c1ccc2c(c1)c1cc(C(C)(C)C)ccc1n2-c1ccc(S(=O)(=O)c2cccc(S(=O)(=O)c3ccc(-n4c5ccc(C(C)(C)C)cc5c5cc(C(C)(C)C)ccc54)cc3)c2)cc1. The lowest BCUT2D eigenvalue weighted by atomic mass is 9.85. The average molecular weight is 913 g/mol. The molecule has 0 atom stereocenters. The first-order valence-corrected chi connectivity index (χ1v) is 25.7. The number of nitrogens with zero attached hydrogens (tertiary/aromatic N) is 2. The highest BCUT2D eigenvalue weighted by Gasteiger charge is 2.26. The maximum absolute atomic E-state index is 14.3. The Labute approximate surface area is 390 Å². The third-order valence-corrected chi connectivity index (χ3v) is 16.8. The molecule has 2 heterocycles. The Morgan fingerprint density at radius 2 is 0.561 bits per heavy atom. The van der Waals surface area contributed by atoms with Crippen molar-refractivity contribution in [2.24, 2.45) is 0 Å². The van der Waals surface area contributed by atoms with E-state index in [4.69, 9.17) is 0 Å². The summed E-state index contributed by atoms with van der Waals surface area (Å²) < 4.78 is 61.5. The predicted octanol–water partition coefficient (Wildman–Crippen LogP) is 14.7. The van der Waals surface area contributed by atoms with Crippen LogP contribution in [0.1, 0.15) is 105 Å². The number of benzene rings is 7. The van der Waals surface area contributed by atoms with E-state index in [9.17, 15) is 16.8 Å². The van der Waals surface area contributed by atoms with Gasteiger partial charge in [-0.2, -0.15) is 0 Å². The number of aromatic nitrogens is 2. The van der Waals surface area contributed by atoms with Gasteiger partial charge < -0.3 is 9.13 Å². The molecule has 0 aliphatic carbocycles. The summed E-state index contributed by atoms with van der Waals surface area (Å²) in [5.41, 5.74) is 10.6. The molecule has 66 heavy (non-hydrogen) atoms. The van der Waals surface area contributed by atoms with Crippen LogP contribution in [-0.2, 0) is 41.3 Å². The molecule has 0 fully saturated rings. The topological polar surface area (TPSA) is 78.1 Å². The molecule has 2 aromatic heterocycles. The molecule has 9 aromatic rings. The van der Waals surface area contributed by atoms with Crippen LogP contribution < -0.4 is 0 Å². The molecule has 0 N–H and O–H groups in total. The first-order chi connectivity index (χ1) is 30.7. The van der Waals surface area contributed by atoms with Gasteiger partial charge in [-0.1, -0.05) is 113 Å². The van der Waals surface area contributed by atoms with Crippen LogP contribution >= 0.6 is 0 Å². The fraction of sp³-hybridized carbons (Fsp3) is 0.276. The van der Waals surface area contributed by atoms with Gasteiger partial charge >= 0.3 is 0 Å². The van der Waals surface area contributed by atoms with Crippen LogP contribution in [0, 0.1) is 0 Å². The number of hydrogen-bond donors (Lipinski definition) is 0. The summed E-state index contributed by atoms with van der Waals surface area (Å²) in [5, 5.41) is 4.57. The highest BCUT2D eigenvalue weighted by molar-refractivity contribution is 7.92. The first-order valence-electron chi connectivity index (χ1n) is 22.7. The summed E-state index contributed by atoms with van der Waals surface area (Å²) in [7, 11) is -8.20. The van der Waals surface area contributed by atoms with E-state index in [1.165, 1.54) is 46.5 Å². The van der Waals surface area contributed by atoms with Gasteiger partial charge in [0.05, 0.1) is 41.6 Å². The van der Waals surface area contributed by atoms with Crippen LogP contribution in [0.5, 0.6) is 0 Å². The molecule has 0 saturated heterocycles. The number of fused-ring (bicyclic) bond motifs is 6. The second-order valence-electron chi connectivity index (χ2n) is 22.1. The van der Waals surface area contributed by atoms with Gasteiger partial charge in [-0.25, -0.2) is 16.8 Å². The molecule has 8 heteroatoms. The molecule has 0 amide bonds. The molecule has 6 nitrogen and oxygen atoms in total. The molecule has 0 aliphatic heterocycles. The highest BCUT2D eigenvalue weighted by Crippen LogP contribution is 2.40. The van der Waals surface area contributed by atoms with Gasteiger partial charge in [-0.05, 0) is 159 Å². The molecule has 0 bridgehead atoms. The summed E-state index contributed by atoms with van der Waals surface area (Å²) >= 11 is 0. The van der Waals surface area contributed by atoms with Crippen molar-refractivity contribution in [1.29, 1.82) is 0 Å². The predicted molar refractivity (Wildman–Crippen MR) is 274 cm³/mol. The lowest BCUT2D eigenvalue weighted by molar-refractivity contribution is 0.590. The molecule has 7 aromatic carbocycles. The average Bonchev–Trinajstić information content (AvgIpc) is 3.77. The van der Waals surface area contributed by atoms with Crippen molar-refractivity contribution in [2.45, 2.75) is 124 Å². The Balaban J connectivity index is 1.05. The number of rotatable bonds is 6. The van der Waals surface area contributed by atoms with E-state index in [2.05, 4.69) is 165 Å². The quantitative estimate of drug-likeness (QED) is 0.166. The van der Waals surface area contributed by atoms with Crippen molar-refractivity contribution in [1.82, 2.24) is 9.13 Å². The van der Waals surface area contributed by atoms with Gasteiger partial charge in [0.1, 0.15) is 0 Å². The van der Waals surface area contributed by atoms with Crippen molar-refractivity contribution in [3.05, 3.63) is 168 Å². The molecule has 0 unspecified atom stereocenters. The van der Waals surface area contributed by atoms with E-state index in [1.54, 1.807) is 24.3 Å². The Bertz CT molecular complexity index is 3240. The molecule has 338 valence electrons. The molecule has 0 spiro atoms. The summed E-state index contributed by atoms with van der Waals surface area (Å²) in [6.07, 6.45) is 0. The van der Waals surface area contributed by atoms with Gasteiger partial charge in [0, 0.05) is 32.9 Å². The van der Waals surface area contributed by atoms with E-state index in [0.29, 0.717) is 0 Å². The van der Waals surface area contributed by atoms with Crippen LogP contribution in [0.2, 0.25) is 0 Å². The zero-order valence-corrected chi connectivity index (χ0v) is 41.8. The molecular weight excluding hydrogens is 853 g/mol. The maximum atomic E-state index is 14.3. The summed E-state index contributed by atoms with van der Waals surface area (Å²) in [6, 6.07) is 45.9. The Hall–Kier alpha value is -5.96. The molecule has 9 rings (SSSR count). The lowest BCUT2D eigenvalue weighted by Gasteiger charge is -2.19.